The lowest BCUT2D eigenvalue weighted by atomic mass is 10.0. The van der Waals surface area contributed by atoms with Gasteiger partial charge in [-0.05, 0) is 37.5 Å². The van der Waals surface area contributed by atoms with Crippen molar-refractivity contribution in [3.05, 3.63) is 29.6 Å². The van der Waals surface area contributed by atoms with Gasteiger partial charge in [0.05, 0.1) is 7.11 Å². The molecule has 0 bridgehead atoms. The molecular weight excluding hydrogens is 307 g/mol. The van der Waals surface area contributed by atoms with Gasteiger partial charge in [-0.15, -0.1) is 0 Å². The van der Waals surface area contributed by atoms with Gasteiger partial charge in [-0.25, -0.2) is 4.39 Å². The van der Waals surface area contributed by atoms with Crippen LogP contribution in [0.5, 0.6) is 5.75 Å². The summed E-state index contributed by atoms with van der Waals surface area (Å²) >= 11 is 0. The first-order valence-electron chi connectivity index (χ1n) is 9.12. The first-order chi connectivity index (χ1) is 11.7. The number of methoxy groups -OCH3 is 1. The van der Waals surface area contributed by atoms with Crippen LogP contribution in [0.4, 0.5) is 4.39 Å². The number of aliphatic hydroxyl groups excluding tert-OH is 1. The van der Waals surface area contributed by atoms with Crippen molar-refractivity contribution in [1.82, 2.24) is 9.80 Å². The molecule has 1 saturated heterocycles. The first-order valence-corrected chi connectivity index (χ1v) is 9.12. The Morgan fingerprint density at radius 3 is 2.75 bits per heavy atom. The van der Waals surface area contributed by atoms with Crippen LogP contribution in [-0.4, -0.2) is 60.3 Å². The molecule has 24 heavy (non-hydrogen) atoms. The van der Waals surface area contributed by atoms with Crippen molar-refractivity contribution >= 4 is 0 Å². The van der Waals surface area contributed by atoms with Gasteiger partial charge in [0, 0.05) is 50.4 Å². The Labute approximate surface area is 144 Å². The van der Waals surface area contributed by atoms with E-state index in [1.165, 1.54) is 31.7 Å². The number of piperazine rings is 1. The molecule has 1 aliphatic carbocycles. The zero-order valence-corrected chi connectivity index (χ0v) is 14.6. The molecule has 0 radical (unpaired) electrons. The van der Waals surface area contributed by atoms with Crippen molar-refractivity contribution < 1.29 is 14.2 Å². The highest BCUT2D eigenvalue weighted by Crippen LogP contribution is 2.28. The van der Waals surface area contributed by atoms with E-state index in [4.69, 9.17) is 4.74 Å². The summed E-state index contributed by atoms with van der Waals surface area (Å²) in [5.41, 5.74) is 0.686. The topological polar surface area (TPSA) is 35.9 Å². The summed E-state index contributed by atoms with van der Waals surface area (Å²) in [6, 6.07) is 5.98. The molecule has 1 heterocycles. The number of ether oxygens (including phenoxy) is 1. The molecule has 1 aromatic rings. The highest BCUT2D eigenvalue weighted by atomic mass is 19.1. The van der Waals surface area contributed by atoms with Gasteiger partial charge in [-0.1, -0.05) is 12.8 Å². The van der Waals surface area contributed by atoms with Crippen LogP contribution in [-0.2, 0) is 6.54 Å². The van der Waals surface area contributed by atoms with Crippen LogP contribution in [0.2, 0.25) is 0 Å². The Bertz CT molecular complexity index is 534. The predicted molar refractivity (Wildman–Crippen MR) is 92.7 cm³/mol. The van der Waals surface area contributed by atoms with E-state index in [1.807, 2.05) is 0 Å². The second-order valence-electron chi connectivity index (χ2n) is 7.03. The second-order valence-corrected chi connectivity index (χ2v) is 7.03. The van der Waals surface area contributed by atoms with Gasteiger partial charge < -0.3 is 9.84 Å². The van der Waals surface area contributed by atoms with E-state index in [0.717, 1.165) is 26.1 Å². The normalized spacial score (nSPS) is 23.7. The van der Waals surface area contributed by atoms with Crippen molar-refractivity contribution in [2.45, 2.75) is 50.7 Å². The lowest BCUT2D eigenvalue weighted by Crippen LogP contribution is -2.56. The minimum Gasteiger partial charge on any atom is -0.497 e. The SMILES string of the molecule is COc1ccc(F)c(CN2CCN(C3CCCC3)[C@@H](CCO)C2)c1. The molecule has 0 amide bonds. The van der Waals surface area contributed by atoms with Gasteiger partial charge in [0.15, 0.2) is 0 Å². The van der Waals surface area contributed by atoms with Crippen molar-refractivity contribution in [3.8, 4) is 5.75 Å². The summed E-state index contributed by atoms with van der Waals surface area (Å²) in [6.07, 6.45) is 6.02. The van der Waals surface area contributed by atoms with Crippen molar-refractivity contribution in [1.29, 1.82) is 0 Å². The number of hydrogen-bond donors (Lipinski definition) is 1. The van der Waals surface area contributed by atoms with Crippen LogP contribution in [0.3, 0.4) is 0 Å². The third-order valence-electron chi connectivity index (χ3n) is 5.52. The van der Waals surface area contributed by atoms with E-state index in [0.29, 0.717) is 29.9 Å². The minimum atomic E-state index is -0.173. The van der Waals surface area contributed by atoms with Gasteiger partial charge in [-0.2, -0.15) is 0 Å². The number of nitrogens with zero attached hydrogens (tertiary/aromatic N) is 2. The Morgan fingerprint density at radius 1 is 1.25 bits per heavy atom. The zero-order valence-electron chi connectivity index (χ0n) is 14.6. The largest absolute Gasteiger partial charge is 0.497 e. The van der Waals surface area contributed by atoms with Crippen LogP contribution >= 0.6 is 0 Å². The van der Waals surface area contributed by atoms with E-state index in [-0.39, 0.29) is 12.4 Å². The third kappa shape index (κ3) is 4.08. The fourth-order valence-electron chi connectivity index (χ4n) is 4.24. The van der Waals surface area contributed by atoms with E-state index >= 15 is 0 Å². The van der Waals surface area contributed by atoms with Gasteiger partial charge in [-0.3, -0.25) is 9.80 Å². The molecule has 3 rings (SSSR count). The lowest BCUT2D eigenvalue weighted by molar-refractivity contribution is 0.0263. The maximum Gasteiger partial charge on any atom is 0.127 e. The van der Waals surface area contributed by atoms with Gasteiger partial charge in [0.25, 0.3) is 0 Å². The predicted octanol–water partition coefficient (Wildman–Crippen LogP) is 2.65. The standard InChI is InChI=1S/C19H29FN2O2/c1-24-18-6-7-19(20)15(12-18)13-21-9-10-22(16-4-2-3-5-16)17(14-21)8-11-23/h6-7,12,16-17,23H,2-5,8-11,13-14H2,1H3/t17-/m0/s1. The van der Waals surface area contributed by atoms with Gasteiger partial charge in [0.1, 0.15) is 11.6 Å². The van der Waals surface area contributed by atoms with Crippen LogP contribution < -0.4 is 4.74 Å². The molecule has 0 aromatic heterocycles. The zero-order chi connectivity index (χ0) is 16.9. The number of benzene rings is 1. The van der Waals surface area contributed by atoms with Crippen molar-refractivity contribution in [3.63, 3.8) is 0 Å². The van der Waals surface area contributed by atoms with E-state index < -0.39 is 0 Å². The Balaban J connectivity index is 1.65. The maximum atomic E-state index is 14.1. The fourth-order valence-corrected chi connectivity index (χ4v) is 4.24. The third-order valence-corrected chi connectivity index (χ3v) is 5.52. The Morgan fingerprint density at radius 2 is 2.04 bits per heavy atom. The lowest BCUT2D eigenvalue weighted by Gasteiger charge is -2.44. The molecule has 2 fully saturated rings. The maximum absolute atomic E-state index is 14.1. The number of rotatable bonds is 6. The quantitative estimate of drug-likeness (QED) is 0.866. The van der Waals surface area contributed by atoms with E-state index in [2.05, 4.69) is 9.80 Å². The summed E-state index contributed by atoms with van der Waals surface area (Å²) in [5, 5.41) is 9.45. The molecule has 1 saturated carbocycles. The first kappa shape index (κ1) is 17.6. The average Bonchev–Trinajstić information content (AvgIpc) is 3.12. The summed E-state index contributed by atoms with van der Waals surface area (Å²) in [4.78, 5) is 4.91. The molecule has 4 nitrogen and oxygen atoms in total. The monoisotopic (exact) mass is 336 g/mol. The minimum absolute atomic E-state index is 0.173. The molecule has 0 spiro atoms. The average molecular weight is 336 g/mol. The molecule has 134 valence electrons. The van der Waals surface area contributed by atoms with Crippen molar-refractivity contribution in [2.75, 3.05) is 33.4 Å². The summed E-state index contributed by atoms with van der Waals surface area (Å²) in [7, 11) is 1.61. The Hall–Kier alpha value is -1.17. The second kappa shape index (κ2) is 8.28. The van der Waals surface area contributed by atoms with Crippen LogP contribution in [0.1, 0.15) is 37.7 Å². The van der Waals surface area contributed by atoms with Crippen LogP contribution in [0, 0.1) is 5.82 Å². The Kier molecular flexibility index (Phi) is 6.09. The molecule has 1 atom stereocenters. The van der Waals surface area contributed by atoms with Gasteiger partial charge >= 0.3 is 0 Å². The molecule has 1 aliphatic heterocycles. The summed E-state index contributed by atoms with van der Waals surface area (Å²) in [5.74, 6) is 0.524. The van der Waals surface area contributed by atoms with E-state index in [9.17, 15) is 9.50 Å². The van der Waals surface area contributed by atoms with Crippen LogP contribution in [0.25, 0.3) is 0 Å². The fraction of sp³-hybridized carbons (Fsp3) is 0.684. The number of hydrogen-bond acceptors (Lipinski definition) is 4. The van der Waals surface area contributed by atoms with Gasteiger partial charge in [0.2, 0.25) is 0 Å². The van der Waals surface area contributed by atoms with Crippen molar-refractivity contribution in [2.24, 2.45) is 0 Å². The summed E-state index contributed by atoms with van der Waals surface area (Å²) in [6.45, 7) is 3.68. The van der Waals surface area contributed by atoms with Crippen LogP contribution in [0.15, 0.2) is 18.2 Å². The number of aliphatic hydroxyl groups is 1. The highest BCUT2D eigenvalue weighted by Gasteiger charge is 2.33. The molecule has 1 N–H and O–H groups in total. The molecule has 1 aromatic carbocycles. The smallest absolute Gasteiger partial charge is 0.127 e. The highest BCUT2D eigenvalue weighted by molar-refractivity contribution is 5.29. The summed E-state index contributed by atoms with van der Waals surface area (Å²) < 4.78 is 19.3. The van der Waals surface area contributed by atoms with E-state index in [1.54, 1.807) is 19.2 Å². The molecule has 5 heteroatoms. The molecule has 0 unspecified atom stereocenters. The molecule has 2 aliphatic rings. The molecular formula is C19H29FN2O2. The number of halogens is 1.